The van der Waals surface area contributed by atoms with Crippen molar-refractivity contribution in [3.63, 3.8) is 0 Å². The average Bonchev–Trinajstić information content (AvgIpc) is 2.98. The molecular weight excluding hydrogens is 308 g/mol. The maximum Gasteiger partial charge on any atom is 0.163 e. The van der Waals surface area contributed by atoms with Crippen LogP contribution in [0.2, 0.25) is 0 Å². The fraction of sp³-hybridized carbons (Fsp3) is 0.294. The summed E-state index contributed by atoms with van der Waals surface area (Å²) in [4.78, 5) is 0. The lowest BCUT2D eigenvalue weighted by Gasteiger charge is -2.18. The lowest BCUT2D eigenvalue weighted by Crippen LogP contribution is -2.15. The van der Waals surface area contributed by atoms with Gasteiger partial charge in [0.1, 0.15) is 31.1 Å². The fourth-order valence-electron chi connectivity index (χ4n) is 2.66. The van der Waals surface area contributed by atoms with Gasteiger partial charge in [-0.15, -0.1) is 5.10 Å². The second kappa shape index (κ2) is 5.92. The molecule has 24 heavy (non-hydrogen) atoms. The predicted molar refractivity (Wildman–Crippen MR) is 89.6 cm³/mol. The van der Waals surface area contributed by atoms with Crippen LogP contribution in [0.4, 0.5) is 5.69 Å². The van der Waals surface area contributed by atoms with Gasteiger partial charge in [-0.05, 0) is 30.7 Å². The minimum atomic E-state index is 0.482. The Labute approximate surface area is 138 Å². The largest absolute Gasteiger partial charge is 0.492 e. The first-order valence-corrected chi connectivity index (χ1v) is 7.82. The number of hydrogen-bond acceptors (Lipinski definition) is 6. The number of fused-ring (bicyclic) bond motifs is 2. The third-order valence-corrected chi connectivity index (χ3v) is 3.99. The molecule has 2 aromatic carbocycles. The minimum absolute atomic E-state index is 0.482. The number of benzene rings is 2. The molecule has 0 amide bonds. The van der Waals surface area contributed by atoms with Gasteiger partial charge in [-0.2, -0.15) is 0 Å². The van der Waals surface area contributed by atoms with Gasteiger partial charge >= 0.3 is 0 Å². The summed E-state index contributed by atoms with van der Waals surface area (Å²) < 4.78 is 18.8. The van der Waals surface area contributed by atoms with E-state index in [1.54, 1.807) is 4.68 Å². The zero-order chi connectivity index (χ0) is 16.5. The molecule has 0 bridgehead atoms. The number of aryl methyl sites for hydroxylation is 1. The van der Waals surface area contributed by atoms with Crippen molar-refractivity contribution in [1.29, 1.82) is 0 Å². The summed E-state index contributed by atoms with van der Waals surface area (Å²) in [7, 11) is 0. The van der Waals surface area contributed by atoms with Gasteiger partial charge < -0.3 is 19.9 Å². The summed E-state index contributed by atoms with van der Waals surface area (Å²) in [5.74, 6) is 2.24. The van der Waals surface area contributed by atoms with Gasteiger partial charge in [-0.1, -0.05) is 5.21 Å². The summed E-state index contributed by atoms with van der Waals surface area (Å²) in [6.45, 7) is 4.13. The quantitative estimate of drug-likeness (QED) is 0.740. The van der Waals surface area contributed by atoms with E-state index in [1.165, 1.54) is 0 Å². The van der Waals surface area contributed by atoms with E-state index in [-0.39, 0.29) is 0 Å². The van der Waals surface area contributed by atoms with Crippen LogP contribution in [0.5, 0.6) is 17.2 Å². The summed E-state index contributed by atoms with van der Waals surface area (Å²) in [5, 5.41) is 8.37. The summed E-state index contributed by atoms with van der Waals surface area (Å²) in [5.41, 5.74) is 9.26. The fourth-order valence-corrected chi connectivity index (χ4v) is 2.66. The first kappa shape index (κ1) is 14.6. The molecule has 0 aliphatic carbocycles. The van der Waals surface area contributed by atoms with Gasteiger partial charge in [0, 0.05) is 17.8 Å². The molecule has 1 aromatic heterocycles. The molecule has 0 saturated heterocycles. The molecule has 0 spiro atoms. The Hall–Kier alpha value is -2.96. The second-order valence-corrected chi connectivity index (χ2v) is 5.66. The topological polar surface area (TPSA) is 84.4 Å². The molecule has 1 aliphatic rings. The Kier molecular flexibility index (Phi) is 3.60. The SMILES string of the molecule is Cc1cc(OCCn2nnc3cc4c(cc32)OCCO4)ccc1N. The van der Waals surface area contributed by atoms with Crippen molar-refractivity contribution in [3.8, 4) is 17.2 Å². The summed E-state index contributed by atoms with van der Waals surface area (Å²) >= 11 is 0. The molecule has 124 valence electrons. The van der Waals surface area contributed by atoms with Gasteiger partial charge in [0.2, 0.25) is 0 Å². The zero-order valence-corrected chi connectivity index (χ0v) is 13.4. The van der Waals surface area contributed by atoms with Crippen LogP contribution in [-0.4, -0.2) is 34.8 Å². The number of nitrogens with two attached hydrogens (primary N) is 1. The van der Waals surface area contributed by atoms with Crippen LogP contribution in [0.3, 0.4) is 0 Å². The van der Waals surface area contributed by atoms with Crippen molar-refractivity contribution in [3.05, 3.63) is 35.9 Å². The normalized spacial score (nSPS) is 13.2. The lowest BCUT2D eigenvalue weighted by atomic mass is 10.2. The molecular formula is C17H18N4O3. The number of nitrogens with zero attached hydrogens (tertiary/aromatic N) is 3. The van der Waals surface area contributed by atoms with E-state index >= 15 is 0 Å². The zero-order valence-electron chi connectivity index (χ0n) is 13.4. The molecule has 7 heteroatoms. The molecule has 7 nitrogen and oxygen atoms in total. The Morgan fingerprint density at radius 2 is 1.96 bits per heavy atom. The molecule has 3 aromatic rings. The maximum absolute atomic E-state index is 5.81. The van der Waals surface area contributed by atoms with Gasteiger partial charge in [0.25, 0.3) is 0 Å². The van der Waals surface area contributed by atoms with Crippen molar-refractivity contribution in [1.82, 2.24) is 15.0 Å². The van der Waals surface area contributed by atoms with Gasteiger partial charge in [-0.3, -0.25) is 0 Å². The predicted octanol–water partition coefficient (Wildman–Crippen LogP) is 2.17. The Morgan fingerprint density at radius 3 is 2.75 bits per heavy atom. The summed E-state index contributed by atoms with van der Waals surface area (Å²) in [6, 6.07) is 9.41. The molecule has 4 rings (SSSR count). The van der Waals surface area contributed by atoms with Crippen LogP contribution < -0.4 is 19.9 Å². The molecule has 0 fully saturated rings. The van der Waals surface area contributed by atoms with Crippen LogP contribution >= 0.6 is 0 Å². The van der Waals surface area contributed by atoms with E-state index in [0.717, 1.165) is 39.5 Å². The van der Waals surface area contributed by atoms with Crippen LogP contribution in [0.15, 0.2) is 30.3 Å². The van der Waals surface area contributed by atoms with Crippen molar-refractivity contribution in [2.75, 3.05) is 25.6 Å². The third-order valence-electron chi connectivity index (χ3n) is 3.99. The third kappa shape index (κ3) is 2.68. The molecule has 2 N–H and O–H groups in total. The lowest BCUT2D eigenvalue weighted by molar-refractivity contribution is 0.172. The smallest absolute Gasteiger partial charge is 0.163 e. The van der Waals surface area contributed by atoms with Gasteiger partial charge in [-0.25, -0.2) is 4.68 Å². The molecule has 0 unspecified atom stereocenters. The van der Waals surface area contributed by atoms with Crippen LogP contribution in [-0.2, 0) is 6.54 Å². The highest BCUT2D eigenvalue weighted by atomic mass is 16.6. The van der Waals surface area contributed by atoms with E-state index in [0.29, 0.717) is 26.4 Å². The van der Waals surface area contributed by atoms with E-state index < -0.39 is 0 Å². The second-order valence-electron chi connectivity index (χ2n) is 5.66. The Bertz CT molecular complexity index is 891. The van der Waals surface area contributed by atoms with E-state index in [9.17, 15) is 0 Å². The van der Waals surface area contributed by atoms with Gasteiger partial charge in [0.15, 0.2) is 11.5 Å². The molecule has 0 saturated carbocycles. The molecule has 0 radical (unpaired) electrons. The van der Waals surface area contributed by atoms with E-state index in [1.807, 2.05) is 37.3 Å². The Balaban J connectivity index is 1.49. The van der Waals surface area contributed by atoms with Crippen LogP contribution in [0, 0.1) is 6.92 Å². The minimum Gasteiger partial charge on any atom is -0.492 e. The van der Waals surface area contributed by atoms with Crippen molar-refractivity contribution in [2.24, 2.45) is 0 Å². The molecule has 1 aliphatic heterocycles. The first-order chi connectivity index (χ1) is 11.7. The summed E-state index contributed by atoms with van der Waals surface area (Å²) in [6.07, 6.45) is 0. The number of aromatic nitrogens is 3. The first-order valence-electron chi connectivity index (χ1n) is 7.82. The monoisotopic (exact) mass is 326 g/mol. The van der Waals surface area contributed by atoms with Crippen LogP contribution in [0.25, 0.3) is 11.0 Å². The average molecular weight is 326 g/mol. The number of ether oxygens (including phenoxy) is 3. The van der Waals surface area contributed by atoms with Crippen molar-refractivity contribution in [2.45, 2.75) is 13.5 Å². The Morgan fingerprint density at radius 1 is 1.17 bits per heavy atom. The maximum atomic E-state index is 5.81. The van der Waals surface area contributed by atoms with E-state index in [4.69, 9.17) is 19.9 Å². The van der Waals surface area contributed by atoms with E-state index in [2.05, 4.69) is 10.3 Å². The van der Waals surface area contributed by atoms with Gasteiger partial charge in [0.05, 0.1) is 12.1 Å². The number of hydrogen-bond donors (Lipinski definition) is 1. The van der Waals surface area contributed by atoms with Crippen molar-refractivity contribution < 1.29 is 14.2 Å². The molecule has 0 atom stereocenters. The molecule has 2 heterocycles. The number of anilines is 1. The highest BCUT2D eigenvalue weighted by Gasteiger charge is 2.16. The number of rotatable bonds is 4. The van der Waals surface area contributed by atoms with Crippen LogP contribution in [0.1, 0.15) is 5.56 Å². The highest BCUT2D eigenvalue weighted by molar-refractivity contribution is 5.79. The standard InChI is InChI=1S/C17H18N4O3/c1-11-8-12(2-3-13(11)18)22-5-4-21-15-10-17-16(23-6-7-24-17)9-14(15)19-20-21/h2-3,8-10H,4-7,18H2,1H3. The number of nitrogen functional groups attached to an aromatic ring is 1. The van der Waals surface area contributed by atoms with Crippen molar-refractivity contribution >= 4 is 16.7 Å². The highest BCUT2D eigenvalue weighted by Crippen LogP contribution is 2.33.